The zero-order valence-corrected chi connectivity index (χ0v) is 17.6. The first-order valence-corrected chi connectivity index (χ1v) is 10.5. The minimum Gasteiger partial charge on any atom is -0.134 e. The highest BCUT2D eigenvalue weighted by molar-refractivity contribution is 9.10. The monoisotopic (exact) mass is 422 g/mol. The van der Waals surface area contributed by atoms with Gasteiger partial charge in [-0.2, -0.15) is 0 Å². The number of benzene rings is 2. The van der Waals surface area contributed by atoms with Gasteiger partial charge in [0.05, 0.1) is 0 Å². The van der Waals surface area contributed by atoms with Gasteiger partial charge in [0.2, 0.25) is 0 Å². The molecule has 0 spiro atoms. The van der Waals surface area contributed by atoms with E-state index >= 15 is 0 Å². The summed E-state index contributed by atoms with van der Waals surface area (Å²) < 4.78 is 1.18. The van der Waals surface area contributed by atoms with Crippen molar-refractivity contribution in [1.82, 2.24) is 0 Å². The van der Waals surface area contributed by atoms with Crippen LogP contribution in [0.2, 0.25) is 0 Å². The first kappa shape index (κ1) is 18.9. The Balaban J connectivity index is 2.05. The quantitative estimate of drug-likeness (QED) is 0.349. The van der Waals surface area contributed by atoms with E-state index in [-0.39, 0.29) is 0 Å². The van der Waals surface area contributed by atoms with Crippen LogP contribution in [0.1, 0.15) is 25.1 Å². The zero-order valence-electron chi connectivity index (χ0n) is 15.2. The standard InChI is InChI=1S/C24H23BrS/c1-3-4-11-18(2)16-17-21-23(25)22(19-12-7-5-8-13-19)24(26-21)20-14-9-6-10-15-20/h3-10,12-18H,11H2,1-2H3/b4-3-,17-16+/t18-/m0/s1. The summed E-state index contributed by atoms with van der Waals surface area (Å²) in [7, 11) is 0. The Morgan fingerprint density at radius 3 is 2.19 bits per heavy atom. The maximum absolute atomic E-state index is 3.88. The van der Waals surface area contributed by atoms with E-state index < -0.39 is 0 Å². The third-order valence-electron chi connectivity index (χ3n) is 4.29. The Hall–Kier alpha value is -1.90. The largest absolute Gasteiger partial charge is 0.134 e. The van der Waals surface area contributed by atoms with Gasteiger partial charge < -0.3 is 0 Å². The fourth-order valence-electron chi connectivity index (χ4n) is 2.87. The van der Waals surface area contributed by atoms with Crippen LogP contribution in [0.5, 0.6) is 0 Å². The molecule has 1 atom stereocenters. The molecular weight excluding hydrogens is 400 g/mol. The summed E-state index contributed by atoms with van der Waals surface area (Å²) in [5.41, 5.74) is 3.79. The van der Waals surface area contributed by atoms with Gasteiger partial charge in [0.15, 0.2) is 0 Å². The number of hydrogen-bond acceptors (Lipinski definition) is 1. The van der Waals surface area contributed by atoms with Crippen LogP contribution < -0.4 is 0 Å². The molecular formula is C24H23BrS. The molecule has 2 aromatic carbocycles. The van der Waals surface area contributed by atoms with E-state index in [0.717, 1.165) is 6.42 Å². The smallest absolute Gasteiger partial charge is 0.0440 e. The molecule has 0 nitrogen and oxygen atoms in total. The van der Waals surface area contributed by atoms with E-state index in [4.69, 9.17) is 0 Å². The molecule has 132 valence electrons. The predicted octanol–water partition coefficient (Wildman–Crippen LogP) is 8.46. The molecule has 0 unspecified atom stereocenters. The van der Waals surface area contributed by atoms with Crippen LogP contribution in [0.4, 0.5) is 0 Å². The van der Waals surface area contributed by atoms with Crippen LogP contribution >= 0.6 is 27.3 Å². The van der Waals surface area contributed by atoms with Crippen LogP contribution in [0, 0.1) is 5.92 Å². The Kier molecular flexibility index (Phi) is 6.65. The van der Waals surface area contributed by atoms with Gasteiger partial charge in [-0.25, -0.2) is 0 Å². The van der Waals surface area contributed by atoms with E-state index in [0.29, 0.717) is 5.92 Å². The highest BCUT2D eigenvalue weighted by atomic mass is 79.9. The molecule has 0 aliphatic rings. The van der Waals surface area contributed by atoms with Gasteiger partial charge in [0.25, 0.3) is 0 Å². The highest BCUT2D eigenvalue weighted by Crippen LogP contribution is 2.46. The van der Waals surface area contributed by atoms with Crippen molar-refractivity contribution in [2.75, 3.05) is 0 Å². The Morgan fingerprint density at radius 1 is 0.962 bits per heavy atom. The minimum atomic E-state index is 0.528. The summed E-state index contributed by atoms with van der Waals surface area (Å²) in [6.07, 6.45) is 9.99. The molecule has 26 heavy (non-hydrogen) atoms. The number of allylic oxidation sites excluding steroid dienone is 3. The van der Waals surface area contributed by atoms with Crippen LogP contribution in [0.3, 0.4) is 0 Å². The Morgan fingerprint density at radius 2 is 1.58 bits per heavy atom. The van der Waals surface area contributed by atoms with Gasteiger partial charge in [0, 0.05) is 19.8 Å². The fourth-order valence-corrected chi connectivity index (χ4v) is 4.94. The maximum atomic E-state index is 3.88. The highest BCUT2D eigenvalue weighted by Gasteiger charge is 2.17. The normalized spacial score (nSPS) is 12.9. The van der Waals surface area contributed by atoms with Crippen molar-refractivity contribution in [3.05, 3.63) is 88.2 Å². The van der Waals surface area contributed by atoms with Gasteiger partial charge in [-0.3, -0.25) is 0 Å². The lowest BCUT2D eigenvalue weighted by Crippen LogP contribution is -1.85. The van der Waals surface area contributed by atoms with Gasteiger partial charge >= 0.3 is 0 Å². The average Bonchev–Trinajstić information content (AvgIpc) is 3.02. The summed E-state index contributed by atoms with van der Waals surface area (Å²) >= 11 is 5.73. The fraction of sp³-hybridized carbons (Fsp3) is 0.167. The van der Waals surface area contributed by atoms with Crippen LogP contribution in [-0.4, -0.2) is 0 Å². The Bertz CT molecular complexity index is 889. The third-order valence-corrected chi connectivity index (χ3v) is 6.58. The van der Waals surface area contributed by atoms with Gasteiger partial charge in [-0.1, -0.05) is 85.8 Å². The van der Waals surface area contributed by atoms with E-state index in [1.807, 2.05) is 11.3 Å². The van der Waals surface area contributed by atoms with Crippen molar-refractivity contribution < 1.29 is 0 Å². The van der Waals surface area contributed by atoms with Crippen molar-refractivity contribution in [2.24, 2.45) is 5.92 Å². The third kappa shape index (κ3) is 4.44. The SMILES string of the molecule is C/C=C\C[C@H](C)/C=C/c1sc(-c2ccccc2)c(-c2ccccc2)c1Br. The second-order valence-corrected chi connectivity index (χ2v) is 8.20. The molecule has 3 aromatic rings. The van der Waals surface area contributed by atoms with Crippen molar-refractivity contribution in [1.29, 1.82) is 0 Å². The van der Waals surface area contributed by atoms with E-state index in [9.17, 15) is 0 Å². The summed E-state index contributed by atoms with van der Waals surface area (Å²) in [6.45, 7) is 4.33. The second kappa shape index (κ2) is 9.16. The summed E-state index contributed by atoms with van der Waals surface area (Å²) in [5, 5.41) is 0. The first-order valence-electron chi connectivity index (χ1n) is 8.93. The summed E-state index contributed by atoms with van der Waals surface area (Å²) in [5.74, 6) is 0.528. The van der Waals surface area contributed by atoms with Crippen LogP contribution in [0.25, 0.3) is 27.6 Å². The van der Waals surface area contributed by atoms with E-state index in [1.54, 1.807) is 0 Å². The predicted molar refractivity (Wildman–Crippen MR) is 121 cm³/mol. The molecule has 0 aliphatic carbocycles. The van der Waals surface area contributed by atoms with Crippen molar-refractivity contribution in [3.8, 4) is 21.6 Å². The molecule has 2 heteroatoms. The average molecular weight is 423 g/mol. The molecule has 1 heterocycles. The lowest BCUT2D eigenvalue weighted by molar-refractivity contribution is 0.747. The van der Waals surface area contributed by atoms with Crippen LogP contribution in [0.15, 0.2) is 83.4 Å². The molecule has 0 radical (unpaired) electrons. The molecule has 0 N–H and O–H groups in total. The summed E-state index contributed by atoms with van der Waals surface area (Å²) in [4.78, 5) is 2.58. The zero-order chi connectivity index (χ0) is 18.4. The van der Waals surface area contributed by atoms with Crippen molar-refractivity contribution in [3.63, 3.8) is 0 Å². The molecule has 3 rings (SSSR count). The van der Waals surface area contributed by atoms with Gasteiger partial charge in [-0.05, 0) is 52.4 Å². The van der Waals surface area contributed by atoms with E-state index in [2.05, 4.69) is 115 Å². The molecule has 0 saturated carbocycles. The molecule has 0 aliphatic heterocycles. The second-order valence-electron chi connectivity index (χ2n) is 6.36. The minimum absolute atomic E-state index is 0.528. The lowest BCUT2D eigenvalue weighted by atomic mass is 10.0. The van der Waals surface area contributed by atoms with Gasteiger partial charge in [0.1, 0.15) is 0 Å². The molecule has 0 saturated heterocycles. The lowest BCUT2D eigenvalue weighted by Gasteiger charge is -2.05. The number of hydrogen-bond donors (Lipinski definition) is 0. The van der Waals surface area contributed by atoms with Crippen molar-refractivity contribution in [2.45, 2.75) is 20.3 Å². The molecule has 0 amide bonds. The maximum Gasteiger partial charge on any atom is 0.0440 e. The number of thiophene rings is 1. The molecule has 0 bridgehead atoms. The molecule has 0 fully saturated rings. The van der Waals surface area contributed by atoms with E-state index in [1.165, 1.54) is 30.9 Å². The van der Waals surface area contributed by atoms with Gasteiger partial charge in [-0.15, -0.1) is 11.3 Å². The Labute approximate surface area is 169 Å². The number of rotatable bonds is 6. The number of halogens is 1. The van der Waals surface area contributed by atoms with Crippen molar-refractivity contribution >= 4 is 33.3 Å². The summed E-state index contributed by atoms with van der Waals surface area (Å²) in [6, 6.07) is 21.3. The first-order chi connectivity index (χ1) is 12.7. The van der Waals surface area contributed by atoms with Crippen LogP contribution in [-0.2, 0) is 0 Å². The topological polar surface area (TPSA) is 0 Å². The molecule has 1 aromatic heterocycles.